The Morgan fingerprint density at radius 3 is 3.00 bits per heavy atom. The molecular weight excluding hydrogens is 272 g/mol. The molecule has 1 saturated heterocycles. The molecule has 1 aromatic rings. The van der Waals surface area contributed by atoms with Crippen LogP contribution in [-0.4, -0.2) is 34.7 Å². The number of amides is 1. The fourth-order valence-corrected chi connectivity index (χ4v) is 2.31. The van der Waals surface area contributed by atoms with Crippen molar-refractivity contribution in [2.75, 3.05) is 6.61 Å². The van der Waals surface area contributed by atoms with Crippen molar-refractivity contribution < 1.29 is 19.4 Å². The number of pyridine rings is 1. The van der Waals surface area contributed by atoms with Gasteiger partial charge in [-0.05, 0) is 37.8 Å². The molecular formula is C15H20N2O4. The predicted octanol–water partition coefficient (Wildman–Crippen LogP) is 1.75. The molecule has 0 radical (unpaired) electrons. The zero-order chi connectivity index (χ0) is 15.1. The fourth-order valence-electron chi connectivity index (χ4n) is 2.31. The van der Waals surface area contributed by atoms with Crippen LogP contribution in [0.2, 0.25) is 0 Å². The van der Waals surface area contributed by atoms with Gasteiger partial charge in [0.05, 0.1) is 23.9 Å². The van der Waals surface area contributed by atoms with E-state index < -0.39 is 5.97 Å². The highest BCUT2D eigenvalue weighted by atomic mass is 16.5. The van der Waals surface area contributed by atoms with Gasteiger partial charge in [0.2, 0.25) is 5.91 Å². The third kappa shape index (κ3) is 5.15. The zero-order valence-corrected chi connectivity index (χ0v) is 11.9. The van der Waals surface area contributed by atoms with Crippen molar-refractivity contribution in [3.05, 3.63) is 29.6 Å². The van der Waals surface area contributed by atoms with Crippen LogP contribution in [0.25, 0.3) is 0 Å². The predicted molar refractivity (Wildman–Crippen MR) is 75.9 cm³/mol. The summed E-state index contributed by atoms with van der Waals surface area (Å²) in [5, 5.41) is 11.6. The van der Waals surface area contributed by atoms with Crippen molar-refractivity contribution in [1.29, 1.82) is 0 Å². The molecule has 1 aliphatic rings. The number of ether oxygens (including phenoxy) is 1. The van der Waals surface area contributed by atoms with Crippen molar-refractivity contribution in [3.8, 4) is 0 Å². The number of hydrogen-bond acceptors (Lipinski definition) is 4. The van der Waals surface area contributed by atoms with E-state index in [4.69, 9.17) is 9.84 Å². The molecule has 114 valence electrons. The Morgan fingerprint density at radius 2 is 2.29 bits per heavy atom. The molecule has 1 unspecified atom stereocenters. The van der Waals surface area contributed by atoms with Crippen molar-refractivity contribution in [3.63, 3.8) is 0 Å². The van der Waals surface area contributed by atoms with Gasteiger partial charge in [0, 0.05) is 19.2 Å². The Kier molecular flexibility index (Phi) is 5.68. The van der Waals surface area contributed by atoms with Gasteiger partial charge in [-0.3, -0.25) is 9.78 Å². The number of nitrogens with zero attached hydrogens (tertiary/aromatic N) is 1. The maximum Gasteiger partial charge on any atom is 0.335 e. The SMILES string of the molecule is O=C(CCC1CCCCO1)NCc1cc(C(=O)O)ccn1. The molecule has 2 N–H and O–H groups in total. The normalized spacial score (nSPS) is 18.2. The first-order chi connectivity index (χ1) is 10.1. The number of carbonyl (C=O) groups is 2. The standard InChI is InChI=1S/C15H20N2O4/c18-14(5-4-13-3-1-2-8-21-13)17-10-12-9-11(15(19)20)6-7-16-12/h6-7,9,13H,1-5,8,10H2,(H,17,18)(H,19,20). The summed E-state index contributed by atoms with van der Waals surface area (Å²) < 4.78 is 5.58. The van der Waals surface area contributed by atoms with E-state index in [1.165, 1.54) is 18.3 Å². The highest BCUT2D eigenvalue weighted by Crippen LogP contribution is 2.16. The minimum Gasteiger partial charge on any atom is -0.478 e. The molecule has 0 aliphatic carbocycles. The number of carboxylic acid groups (broad SMARTS) is 1. The van der Waals surface area contributed by atoms with Gasteiger partial charge in [0.1, 0.15) is 0 Å². The van der Waals surface area contributed by atoms with Gasteiger partial charge < -0.3 is 15.2 Å². The van der Waals surface area contributed by atoms with Crippen LogP contribution in [0.4, 0.5) is 0 Å². The minimum atomic E-state index is -1.00. The topological polar surface area (TPSA) is 88.5 Å². The number of carboxylic acids is 1. The molecule has 6 heteroatoms. The number of hydrogen-bond donors (Lipinski definition) is 2. The Hall–Kier alpha value is -1.95. The van der Waals surface area contributed by atoms with Gasteiger partial charge in [0.15, 0.2) is 0 Å². The van der Waals surface area contributed by atoms with E-state index in [0.717, 1.165) is 32.3 Å². The first kappa shape index (κ1) is 15.4. The van der Waals surface area contributed by atoms with E-state index in [9.17, 15) is 9.59 Å². The summed E-state index contributed by atoms with van der Waals surface area (Å²) in [5.41, 5.74) is 0.710. The Morgan fingerprint density at radius 1 is 1.43 bits per heavy atom. The van der Waals surface area contributed by atoms with Gasteiger partial charge in [-0.1, -0.05) is 0 Å². The molecule has 0 saturated carbocycles. The number of rotatable bonds is 6. The largest absolute Gasteiger partial charge is 0.478 e. The molecule has 1 atom stereocenters. The minimum absolute atomic E-state index is 0.0632. The second-order valence-electron chi connectivity index (χ2n) is 5.14. The number of nitrogens with one attached hydrogen (secondary N) is 1. The second kappa shape index (κ2) is 7.73. The summed E-state index contributed by atoms with van der Waals surface area (Å²) in [6.07, 6.45) is 6.07. The van der Waals surface area contributed by atoms with Crippen molar-refractivity contribution in [1.82, 2.24) is 10.3 Å². The van der Waals surface area contributed by atoms with E-state index in [2.05, 4.69) is 10.3 Å². The lowest BCUT2D eigenvalue weighted by Gasteiger charge is -2.22. The van der Waals surface area contributed by atoms with Gasteiger partial charge in [-0.15, -0.1) is 0 Å². The van der Waals surface area contributed by atoms with Crippen LogP contribution in [0.3, 0.4) is 0 Å². The van der Waals surface area contributed by atoms with E-state index in [1.807, 2.05) is 0 Å². The lowest BCUT2D eigenvalue weighted by molar-refractivity contribution is -0.122. The monoisotopic (exact) mass is 292 g/mol. The highest BCUT2D eigenvalue weighted by molar-refractivity contribution is 5.87. The van der Waals surface area contributed by atoms with Crippen LogP contribution in [-0.2, 0) is 16.1 Å². The van der Waals surface area contributed by atoms with Gasteiger partial charge in [-0.2, -0.15) is 0 Å². The van der Waals surface area contributed by atoms with Crippen molar-refractivity contribution >= 4 is 11.9 Å². The van der Waals surface area contributed by atoms with E-state index in [1.54, 1.807) is 0 Å². The summed E-state index contributed by atoms with van der Waals surface area (Å²) in [6.45, 7) is 1.03. The summed E-state index contributed by atoms with van der Waals surface area (Å²) >= 11 is 0. The third-order valence-corrected chi connectivity index (χ3v) is 3.50. The molecule has 2 rings (SSSR count). The Bertz CT molecular complexity index is 498. The molecule has 0 aromatic carbocycles. The lowest BCUT2D eigenvalue weighted by Crippen LogP contribution is -2.26. The first-order valence-electron chi connectivity index (χ1n) is 7.21. The maximum atomic E-state index is 11.8. The van der Waals surface area contributed by atoms with E-state index in [-0.39, 0.29) is 24.1 Å². The average Bonchev–Trinajstić information content (AvgIpc) is 2.52. The molecule has 1 aliphatic heterocycles. The summed E-state index contributed by atoms with van der Waals surface area (Å²) in [7, 11) is 0. The fraction of sp³-hybridized carbons (Fsp3) is 0.533. The first-order valence-corrected chi connectivity index (χ1v) is 7.21. The van der Waals surface area contributed by atoms with Gasteiger partial charge in [-0.25, -0.2) is 4.79 Å². The van der Waals surface area contributed by atoms with Crippen LogP contribution in [0, 0.1) is 0 Å². The second-order valence-corrected chi connectivity index (χ2v) is 5.14. The molecule has 1 amide bonds. The Balaban J connectivity index is 1.73. The van der Waals surface area contributed by atoms with Crippen molar-refractivity contribution in [2.24, 2.45) is 0 Å². The molecule has 0 bridgehead atoms. The number of aromatic carboxylic acids is 1. The van der Waals surface area contributed by atoms with Crippen LogP contribution >= 0.6 is 0 Å². The van der Waals surface area contributed by atoms with Crippen LogP contribution in [0.1, 0.15) is 48.2 Å². The molecule has 6 nitrogen and oxygen atoms in total. The molecule has 21 heavy (non-hydrogen) atoms. The summed E-state index contributed by atoms with van der Waals surface area (Å²) in [5.74, 6) is -1.06. The zero-order valence-electron chi connectivity index (χ0n) is 11.9. The molecule has 0 spiro atoms. The van der Waals surface area contributed by atoms with Crippen molar-refractivity contribution in [2.45, 2.75) is 44.8 Å². The highest BCUT2D eigenvalue weighted by Gasteiger charge is 2.15. The quantitative estimate of drug-likeness (QED) is 0.833. The molecule has 1 aromatic heterocycles. The average molecular weight is 292 g/mol. The van der Waals surface area contributed by atoms with E-state index >= 15 is 0 Å². The Labute approximate surface area is 123 Å². The summed E-state index contributed by atoms with van der Waals surface area (Å²) in [6, 6.07) is 2.89. The molecule has 1 fully saturated rings. The van der Waals surface area contributed by atoms with E-state index in [0.29, 0.717) is 12.1 Å². The van der Waals surface area contributed by atoms with Gasteiger partial charge in [0.25, 0.3) is 0 Å². The third-order valence-electron chi connectivity index (χ3n) is 3.50. The van der Waals surface area contributed by atoms with Crippen LogP contribution < -0.4 is 5.32 Å². The number of aromatic nitrogens is 1. The van der Waals surface area contributed by atoms with Crippen LogP contribution in [0.15, 0.2) is 18.3 Å². The summed E-state index contributed by atoms with van der Waals surface area (Å²) in [4.78, 5) is 26.6. The van der Waals surface area contributed by atoms with Crippen LogP contribution in [0.5, 0.6) is 0 Å². The smallest absolute Gasteiger partial charge is 0.335 e. The maximum absolute atomic E-state index is 11.8. The molecule has 2 heterocycles. The number of carbonyl (C=O) groups excluding carboxylic acids is 1. The lowest BCUT2D eigenvalue weighted by atomic mass is 10.0. The van der Waals surface area contributed by atoms with Gasteiger partial charge >= 0.3 is 5.97 Å².